The summed E-state index contributed by atoms with van der Waals surface area (Å²) >= 11 is 8.68. The molecule has 0 atom stereocenters. The third kappa shape index (κ3) is 5.27. The van der Waals surface area contributed by atoms with Crippen LogP contribution in [-0.2, 0) is 6.61 Å². The Bertz CT molecular complexity index is 1080. The fourth-order valence-corrected chi connectivity index (χ4v) is 3.58. The molecule has 0 bridgehead atoms. The van der Waals surface area contributed by atoms with E-state index in [4.69, 9.17) is 26.5 Å². The van der Waals surface area contributed by atoms with Crippen LogP contribution < -0.4 is 15.4 Å². The van der Waals surface area contributed by atoms with E-state index in [0.29, 0.717) is 33.9 Å². The van der Waals surface area contributed by atoms with Gasteiger partial charge >= 0.3 is 0 Å². The van der Waals surface area contributed by atoms with Crippen LogP contribution in [0.2, 0.25) is 0 Å². The number of hydrogen-bond acceptors (Lipinski definition) is 5. The van der Waals surface area contributed by atoms with Crippen molar-refractivity contribution in [2.75, 3.05) is 11.9 Å². The second-order valence-electron chi connectivity index (χ2n) is 6.44. The van der Waals surface area contributed by atoms with Crippen LogP contribution in [0.5, 0.6) is 5.75 Å². The highest BCUT2D eigenvalue weighted by atomic mass is 79.9. The molecule has 0 fully saturated rings. The molecule has 6 nitrogen and oxygen atoms in total. The summed E-state index contributed by atoms with van der Waals surface area (Å²) in [7, 11) is 0. The first-order chi connectivity index (χ1) is 14.4. The Hall–Kier alpha value is -2.68. The van der Waals surface area contributed by atoms with Gasteiger partial charge < -0.3 is 19.6 Å². The summed E-state index contributed by atoms with van der Waals surface area (Å²) in [6.07, 6.45) is 0. The molecular formula is C22H21BrN2O4S. The molecule has 0 unspecified atom stereocenters. The Morgan fingerprint density at radius 2 is 2.00 bits per heavy atom. The topological polar surface area (TPSA) is 83.7 Å². The summed E-state index contributed by atoms with van der Waals surface area (Å²) in [4.78, 5) is 12.5. The van der Waals surface area contributed by atoms with E-state index in [2.05, 4.69) is 26.6 Å². The SMILES string of the molecule is CCOc1ccc(C(=O)NC(=S)Nc2ccc(-c3ccc(CO)o3)c(C)c2)cc1Br. The monoisotopic (exact) mass is 488 g/mol. The van der Waals surface area contributed by atoms with Gasteiger partial charge in [-0.3, -0.25) is 10.1 Å². The summed E-state index contributed by atoms with van der Waals surface area (Å²) in [6, 6.07) is 14.3. The molecular weight excluding hydrogens is 468 g/mol. The highest BCUT2D eigenvalue weighted by Gasteiger charge is 2.12. The van der Waals surface area contributed by atoms with E-state index in [1.165, 1.54) is 0 Å². The Labute approximate surface area is 188 Å². The van der Waals surface area contributed by atoms with Gasteiger partial charge in [-0.2, -0.15) is 0 Å². The van der Waals surface area contributed by atoms with Gasteiger partial charge in [0.05, 0.1) is 11.1 Å². The number of rotatable bonds is 6. The molecule has 3 rings (SSSR count). The van der Waals surface area contributed by atoms with Gasteiger partial charge in [-0.15, -0.1) is 0 Å². The third-order valence-corrected chi connectivity index (χ3v) is 5.11. The Balaban J connectivity index is 1.65. The molecule has 1 heterocycles. The largest absolute Gasteiger partial charge is 0.493 e. The zero-order chi connectivity index (χ0) is 21.7. The zero-order valence-electron chi connectivity index (χ0n) is 16.5. The number of halogens is 1. The highest BCUT2D eigenvalue weighted by Crippen LogP contribution is 2.28. The molecule has 0 saturated heterocycles. The number of carbonyl (C=O) groups excluding carboxylic acids is 1. The van der Waals surface area contributed by atoms with Crippen LogP contribution >= 0.6 is 28.1 Å². The predicted molar refractivity (Wildman–Crippen MR) is 124 cm³/mol. The molecule has 0 aliphatic heterocycles. The zero-order valence-corrected chi connectivity index (χ0v) is 18.9. The number of thiocarbonyl (C=S) groups is 1. The minimum atomic E-state index is -0.322. The van der Waals surface area contributed by atoms with Gasteiger partial charge in [0.1, 0.15) is 23.9 Å². The molecule has 0 aliphatic carbocycles. The lowest BCUT2D eigenvalue weighted by molar-refractivity contribution is 0.0977. The number of aliphatic hydroxyl groups is 1. The number of aliphatic hydroxyl groups excluding tert-OH is 1. The van der Waals surface area contributed by atoms with Gasteiger partial charge in [0, 0.05) is 16.8 Å². The fourth-order valence-electron chi connectivity index (χ4n) is 2.88. The molecule has 1 amide bonds. The van der Waals surface area contributed by atoms with Gasteiger partial charge in [-0.25, -0.2) is 0 Å². The number of anilines is 1. The maximum absolute atomic E-state index is 12.5. The van der Waals surface area contributed by atoms with Crippen LogP contribution in [0.3, 0.4) is 0 Å². The molecule has 8 heteroatoms. The fraction of sp³-hybridized carbons (Fsp3) is 0.182. The second kappa shape index (κ2) is 9.88. The number of ether oxygens (including phenoxy) is 1. The van der Waals surface area contributed by atoms with Gasteiger partial charge in [-0.05, 0) is 96.1 Å². The third-order valence-electron chi connectivity index (χ3n) is 4.29. The standard InChI is InChI=1S/C22H21BrN2O4S/c1-3-28-20-8-4-14(11-18(20)23)21(27)25-22(30)24-15-5-7-17(13(2)10-15)19-9-6-16(12-26)29-19/h4-11,26H,3,12H2,1-2H3,(H2,24,25,27,30). The number of benzene rings is 2. The summed E-state index contributed by atoms with van der Waals surface area (Å²) < 4.78 is 11.7. The smallest absolute Gasteiger partial charge is 0.257 e. The molecule has 156 valence electrons. The van der Waals surface area contributed by atoms with Crippen molar-refractivity contribution >= 4 is 44.9 Å². The molecule has 30 heavy (non-hydrogen) atoms. The van der Waals surface area contributed by atoms with E-state index >= 15 is 0 Å². The number of nitrogens with one attached hydrogen (secondary N) is 2. The quantitative estimate of drug-likeness (QED) is 0.421. The van der Waals surface area contributed by atoms with E-state index in [1.54, 1.807) is 24.3 Å². The van der Waals surface area contributed by atoms with Crippen molar-refractivity contribution in [2.24, 2.45) is 0 Å². The second-order valence-corrected chi connectivity index (χ2v) is 7.70. The predicted octanol–water partition coefficient (Wildman–Crippen LogP) is 5.04. The van der Waals surface area contributed by atoms with Crippen molar-refractivity contribution in [1.82, 2.24) is 5.32 Å². The van der Waals surface area contributed by atoms with E-state index in [9.17, 15) is 4.79 Å². The maximum Gasteiger partial charge on any atom is 0.257 e. The van der Waals surface area contributed by atoms with Crippen molar-refractivity contribution in [3.8, 4) is 17.1 Å². The van der Waals surface area contributed by atoms with E-state index in [1.807, 2.05) is 38.1 Å². The number of aryl methyl sites for hydroxylation is 1. The molecule has 1 aromatic heterocycles. The average Bonchev–Trinajstić information content (AvgIpc) is 3.18. The van der Waals surface area contributed by atoms with Crippen molar-refractivity contribution in [3.05, 3.63) is 69.9 Å². The highest BCUT2D eigenvalue weighted by molar-refractivity contribution is 9.10. The first kappa shape index (κ1) is 22.0. The Kier molecular flexibility index (Phi) is 7.25. The van der Waals surface area contributed by atoms with Gasteiger partial charge in [0.25, 0.3) is 5.91 Å². The van der Waals surface area contributed by atoms with E-state index in [0.717, 1.165) is 16.8 Å². The van der Waals surface area contributed by atoms with Gasteiger partial charge in [0.2, 0.25) is 0 Å². The Morgan fingerprint density at radius 3 is 2.63 bits per heavy atom. The lowest BCUT2D eigenvalue weighted by Crippen LogP contribution is -2.34. The lowest BCUT2D eigenvalue weighted by atomic mass is 10.1. The number of amides is 1. The van der Waals surface area contributed by atoms with Crippen molar-refractivity contribution in [2.45, 2.75) is 20.5 Å². The van der Waals surface area contributed by atoms with Crippen LogP contribution in [0, 0.1) is 6.92 Å². The first-order valence-corrected chi connectivity index (χ1v) is 10.5. The van der Waals surface area contributed by atoms with Crippen molar-refractivity contribution < 1.29 is 19.1 Å². The van der Waals surface area contributed by atoms with Crippen molar-refractivity contribution in [3.63, 3.8) is 0 Å². The first-order valence-electron chi connectivity index (χ1n) is 9.26. The van der Waals surface area contributed by atoms with Crippen LogP contribution in [0.1, 0.15) is 28.6 Å². The molecule has 0 saturated carbocycles. The molecule has 3 aromatic rings. The molecule has 3 N–H and O–H groups in total. The van der Waals surface area contributed by atoms with Crippen molar-refractivity contribution in [1.29, 1.82) is 0 Å². The van der Waals surface area contributed by atoms with Crippen LogP contribution in [0.4, 0.5) is 5.69 Å². The van der Waals surface area contributed by atoms with E-state index < -0.39 is 0 Å². The molecule has 0 spiro atoms. The summed E-state index contributed by atoms with van der Waals surface area (Å²) in [5.74, 6) is 1.54. The number of furan rings is 1. The number of hydrogen-bond donors (Lipinski definition) is 3. The Morgan fingerprint density at radius 1 is 1.20 bits per heavy atom. The van der Waals surface area contributed by atoms with Gasteiger partial charge in [-0.1, -0.05) is 0 Å². The van der Waals surface area contributed by atoms with Crippen LogP contribution in [0.15, 0.2) is 57.4 Å². The van der Waals surface area contributed by atoms with Crippen LogP contribution in [-0.4, -0.2) is 22.7 Å². The van der Waals surface area contributed by atoms with Gasteiger partial charge in [0.15, 0.2) is 5.11 Å². The van der Waals surface area contributed by atoms with Crippen LogP contribution in [0.25, 0.3) is 11.3 Å². The molecule has 0 aliphatic rings. The minimum Gasteiger partial charge on any atom is -0.493 e. The summed E-state index contributed by atoms with van der Waals surface area (Å²) in [5.41, 5.74) is 3.07. The summed E-state index contributed by atoms with van der Waals surface area (Å²) in [5, 5.41) is 15.0. The maximum atomic E-state index is 12.5. The summed E-state index contributed by atoms with van der Waals surface area (Å²) in [6.45, 7) is 4.24. The minimum absolute atomic E-state index is 0.141. The molecule has 2 aromatic carbocycles. The normalized spacial score (nSPS) is 10.5. The molecule has 0 radical (unpaired) electrons. The number of carbonyl (C=O) groups is 1. The average molecular weight is 489 g/mol. The van der Waals surface area contributed by atoms with E-state index in [-0.39, 0.29) is 17.6 Å². The lowest BCUT2D eigenvalue weighted by Gasteiger charge is -2.12.